The van der Waals surface area contributed by atoms with Crippen LogP contribution in [0.1, 0.15) is 23.6 Å². The molecule has 88 valence electrons. The number of nitrogens with one attached hydrogen (secondary N) is 1. The predicted octanol–water partition coefficient (Wildman–Crippen LogP) is 1.69. The van der Waals surface area contributed by atoms with Crippen molar-refractivity contribution in [3.05, 3.63) is 35.5 Å². The van der Waals surface area contributed by atoms with Gasteiger partial charge in [0.1, 0.15) is 0 Å². The Morgan fingerprint density at radius 3 is 3.00 bits per heavy atom. The third-order valence-corrected chi connectivity index (χ3v) is 3.61. The molecule has 1 atom stereocenters. The van der Waals surface area contributed by atoms with Crippen molar-refractivity contribution < 1.29 is 0 Å². The largest absolute Gasteiger partial charge is 0.313 e. The Morgan fingerprint density at radius 1 is 1.41 bits per heavy atom. The van der Waals surface area contributed by atoms with Crippen LogP contribution in [0.25, 0.3) is 11.3 Å². The second-order valence-electron chi connectivity index (χ2n) is 4.50. The Hall–Kier alpha value is -1.68. The Labute approximate surface area is 101 Å². The van der Waals surface area contributed by atoms with E-state index in [1.54, 1.807) is 0 Å². The molecule has 1 aromatic heterocycles. The number of aromatic nitrogens is 3. The summed E-state index contributed by atoms with van der Waals surface area (Å²) in [6, 6.07) is 6.99. The lowest BCUT2D eigenvalue weighted by Crippen LogP contribution is -2.12. The summed E-state index contributed by atoms with van der Waals surface area (Å²) in [5, 5.41) is 11.3. The molecule has 1 aromatic carbocycles. The normalized spacial score (nSPS) is 18.4. The van der Waals surface area contributed by atoms with E-state index in [9.17, 15) is 0 Å². The first kappa shape index (κ1) is 10.5. The highest BCUT2D eigenvalue weighted by molar-refractivity contribution is 5.66. The summed E-state index contributed by atoms with van der Waals surface area (Å²) in [4.78, 5) is 0. The van der Waals surface area contributed by atoms with Crippen molar-refractivity contribution in [2.24, 2.45) is 7.05 Å². The van der Waals surface area contributed by atoms with Gasteiger partial charge in [0.25, 0.3) is 0 Å². The van der Waals surface area contributed by atoms with E-state index in [0.29, 0.717) is 6.04 Å². The van der Waals surface area contributed by atoms with Crippen LogP contribution in [0.4, 0.5) is 0 Å². The summed E-state index contributed by atoms with van der Waals surface area (Å²) >= 11 is 0. The molecule has 1 heterocycles. The summed E-state index contributed by atoms with van der Waals surface area (Å²) in [7, 11) is 3.96. The van der Waals surface area contributed by atoms with Gasteiger partial charge in [0.2, 0.25) is 0 Å². The predicted molar refractivity (Wildman–Crippen MR) is 66.6 cm³/mol. The zero-order valence-electron chi connectivity index (χ0n) is 10.1. The lowest BCUT2D eigenvalue weighted by Gasteiger charge is -2.11. The van der Waals surface area contributed by atoms with E-state index in [0.717, 1.165) is 12.1 Å². The first-order chi connectivity index (χ1) is 8.31. The van der Waals surface area contributed by atoms with Crippen molar-refractivity contribution in [1.82, 2.24) is 20.3 Å². The molecule has 4 nitrogen and oxygen atoms in total. The van der Waals surface area contributed by atoms with E-state index < -0.39 is 0 Å². The van der Waals surface area contributed by atoms with Crippen molar-refractivity contribution in [3.8, 4) is 11.3 Å². The fraction of sp³-hybridized carbons (Fsp3) is 0.385. The molecule has 0 saturated heterocycles. The summed E-state index contributed by atoms with van der Waals surface area (Å²) in [6.45, 7) is 0. The van der Waals surface area contributed by atoms with Crippen molar-refractivity contribution in [1.29, 1.82) is 0 Å². The van der Waals surface area contributed by atoms with Crippen molar-refractivity contribution in [2.45, 2.75) is 18.9 Å². The molecule has 1 N–H and O–H groups in total. The van der Waals surface area contributed by atoms with Gasteiger partial charge in [0, 0.05) is 18.7 Å². The molecular formula is C13H16N4. The Kier molecular flexibility index (Phi) is 2.44. The molecule has 4 heteroatoms. The lowest BCUT2D eigenvalue weighted by atomic mass is 10.0. The maximum Gasteiger partial charge on any atom is 0.0885 e. The monoisotopic (exact) mass is 228 g/mol. The second-order valence-corrected chi connectivity index (χ2v) is 4.50. The highest BCUT2D eigenvalue weighted by atomic mass is 15.4. The molecule has 0 radical (unpaired) electrons. The van der Waals surface area contributed by atoms with Gasteiger partial charge in [-0.3, -0.25) is 0 Å². The standard InChI is InChI=1S/C13H16N4/c1-14-12-7-6-9-10(12)4-3-5-11(9)13-8-15-16-17(13)2/h3-5,8,12,14H,6-7H2,1-2H3. The zero-order chi connectivity index (χ0) is 11.8. The zero-order valence-corrected chi connectivity index (χ0v) is 10.1. The highest BCUT2D eigenvalue weighted by Gasteiger charge is 2.24. The van der Waals surface area contributed by atoms with Crippen LogP contribution in [-0.2, 0) is 13.5 Å². The minimum atomic E-state index is 0.492. The Balaban J connectivity index is 2.15. The fourth-order valence-electron chi connectivity index (χ4n) is 2.73. The number of benzene rings is 1. The minimum Gasteiger partial charge on any atom is -0.313 e. The summed E-state index contributed by atoms with van der Waals surface area (Å²) in [6.07, 6.45) is 4.14. The van der Waals surface area contributed by atoms with Crippen molar-refractivity contribution in [2.75, 3.05) is 7.05 Å². The summed E-state index contributed by atoms with van der Waals surface area (Å²) < 4.78 is 1.84. The molecule has 0 saturated carbocycles. The number of rotatable bonds is 2. The molecule has 0 aliphatic heterocycles. The van der Waals surface area contributed by atoms with E-state index in [-0.39, 0.29) is 0 Å². The third-order valence-electron chi connectivity index (χ3n) is 3.61. The van der Waals surface area contributed by atoms with Crippen LogP contribution in [0.5, 0.6) is 0 Å². The molecule has 1 unspecified atom stereocenters. The van der Waals surface area contributed by atoms with E-state index in [1.165, 1.54) is 23.1 Å². The van der Waals surface area contributed by atoms with Crippen LogP contribution >= 0.6 is 0 Å². The number of nitrogens with zero attached hydrogens (tertiary/aromatic N) is 3. The molecule has 0 amide bonds. The van der Waals surface area contributed by atoms with Gasteiger partial charge in [-0.25, -0.2) is 4.68 Å². The molecule has 2 aromatic rings. The highest BCUT2D eigenvalue weighted by Crippen LogP contribution is 2.36. The fourth-order valence-corrected chi connectivity index (χ4v) is 2.73. The Bertz CT molecular complexity index is 544. The average molecular weight is 228 g/mol. The molecule has 1 aliphatic rings. The van der Waals surface area contributed by atoms with Gasteiger partial charge < -0.3 is 5.32 Å². The first-order valence-electron chi connectivity index (χ1n) is 5.95. The van der Waals surface area contributed by atoms with Crippen LogP contribution < -0.4 is 5.32 Å². The van der Waals surface area contributed by atoms with Crippen molar-refractivity contribution >= 4 is 0 Å². The SMILES string of the molecule is CNC1CCc2c(-c3cnnn3C)cccc21. The quantitative estimate of drug-likeness (QED) is 0.850. The molecule has 0 spiro atoms. The average Bonchev–Trinajstić information content (AvgIpc) is 2.94. The van der Waals surface area contributed by atoms with E-state index in [4.69, 9.17) is 0 Å². The number of hydrogen-bond acceptors (Lipinski definition) is 3. The maximum absolute atomic E-state index is 4.01. The number of fused-ring (bicyclic) bond motifs is 1. The van der Waals surface area contributed by atoms with Gasteiger partial charge in [0.05, 0.1) is 11.9 Å². The molecule has 0 bridgehead atoms. The Morgan fingerprint density at radius 2 is 2.29 bits per heavy atom. The van der Waals surface area contributed by atoms with E-state index in [1.807, 2.05) is 25.0 Å². The van der Waals surface area contributed by atoms with Gasteiger partial charge in [-0.1, -0.05) is 23.4 Å². The minimum absolute atomic E-state index is 0.492. The molecule has 3 rings (SSSR count). The van der Waals surface area contributed by atoms with Crippen LogP contribution in [0.15, 0.2) is 24.4 Å². The summed E-state index contributed by atoms with van der Waals surface area (Å²) in [5.74, 6) is 0. The molecule has 0 fully saturated rings. The summed E-state index contributed by atoms with van der Waals surface area (Å²) in [5.41, 5.74) is 5.23. The van der Waals surface area contributed by atoms with Gasteiger partial charge in [0.15, 0.2) is 0 Å². The molecular weight excluding hydrogens is 212 g/mol. The van der Waals surface area contributed by atoms with Crippen LogP contribution in [0.2, 0.25) is 0 Å². The van der Waals surface area contributed by atoms with Crippen LogP contribution in [0.3, 0.4) is 0 Å². The van der Waals surface area contributed by atoms with Crippen molar-refractivity contribution in [3.63, 3.8) is 0 Å². The van der Waals surface area contributed by atoms with E-state index >= 15 is 0 Å². The topological polar surface area (TPSA) is 42.7 Å². The van der Waals surface area contributed by atoms with Gasteiger partial charge in [-0.05, 0) is 31.0 Å². The van der Waals surface area contributed by atoms with Crippen LogP contribution in [-0.4, -0.2) is 22.0 Å². The molecule has 17 heavy (non-hydrogen) atoms. The number of hydrogen-bond donors (Lipinski definition) is 1. The maximum atomic E-state index is 4.01. The first-order valence-corrected chi connectivity index (χ1v) is 5.95. The number of aryl methyl sites for hydroxylation is 1. The molecule has 1 aliphatic carbocycles. The third kappa shape index (κ3) is 1.56. The lowest BCUT2D eigenvalue weighted by molar-refractivity contribution is 0.590. The van der Waals surface area contributed by atoms with E-state index in [2.05, 4.69) is 33.8 Å². The van der Waals surface area contributed by atoms with Gasteiger partial charge >= 0.3 is 0 Å². The van der Waals surface area contributed by atoms with Gasteiger partial charge in [-0.15, -0.1) is 5.10 Å². The van der Waals surface area contributed by atoms with Crippen LogP contribution in [0, 0.1) is 0 Å². The van der Waals surface area contributed by atoms with Gasteiger partial charge in [-0.2, -0.15) is 0 Å². The smallest absolute Gasteiger partial charge is 0.0885 e. The second kappa shape index (κ2) is 3.96.